The summed E-state index contributed by atoms with van der Waals surface area (Å²) in [5, 5.41) is 2.55. The third-order valence-electron chi connectivity index (χ3n) is 10.6. The molecule has 0 atom stereocenters. The van der Waals surface area contributed by atoms with Gasteiger partial charge < -0.3 is 4.85 Å². The van der Waals surface area contributed by atoms with Crippen molar-refractivity contribution in [3.05, 3.63) is 204 Å². The van der Waals surface area contributed by atoms with Crippen LogP contribution >= 0.6 is 0 Å². The maximum atomic E-state index is 7.46. The van der Waals surface area contributed by atoms with Crippen molar-refractivity contribution in [2.75, 3.05) is 0 Å². The average Bonchev–Trinajstić information content (AvgIpc) is 3.65. The Labute approximate surface area is 285 Å². The van der Waals surface area contributed by atoms with E-state index in [9.17, 15) is 0 Å². The van der Waals surface area contributed by atoms with Crippen LogP contribution in [0.5, 0.6) is 0 Å². The van der Waals surface area contributed by atoms with Crippen LogP contribution in [0.15, 0.2) is 170 Å². The zero-order chi connectivity index (χ0) is 32.5. The Morgan fingerprint density at radius 3 is 1.76 bits per heavy atom. The molecule has 0 radical (unpaired) electrons. The van der Waals surface area contributed by atoms with Crippen molar-refractivity contribution in [1.82, 2.24) is 4.98 Å². The smallest absolute Gasteiger partial charge is 0.270 e. The molecule has 0 amide bonds. The molecule has 2 aliphatic carbocycles. The van der Waals surface area contributed by atoms with E-state index in [1.807, 2.05) is 12.1 Å². The molecule has 0 aliphatic heterocycles. The molecule has 1 heterocycles. The van der Waals surface area contributed by atoms with E-state index in [1.165, 1.54) is 72.0 Å². The molecule has 0 N–H and O–H groups in total. The van der Waals surface area contributed by atoms with E-state index in [-0.39, 0.29) is 0 Å². The molecular weight excluding hydrogens is 593 g/mol. The molecule has 226 valence electrons. The third kappa shape index (κ3) is 3.85. The molecule has 2 aliphatic rings. The van der Waals surface area contributed by atoms with E-state index in [4.69, 9.17) is 6.57 Å². The molecule has 8 aromatic rings. The summed E-state index contributed by atoms with van der Waals surface area (Å²) in [5.41, 5.74) is 16.9. The molecular formula is C47H28N2. The number of hydrogen-bond donors (Lipinski definition) is 0. The summed E-state index contributed by atoms with van der Waals surface area (Å²) >= 11 is 0. The minimum atomic E-state index is -0.478. The molecule has 0 bridgehead atoms. The first-order valence-electron chi connectivity index (χ1n) is 16.7. The van der Waals surface area contributed by atoms with Gasteiger partial charge in [0.15, 0.2) is 0 Å². The SMILES string of the molecule is [C-]#[N+]c1cc(-c2cccc(-c3ccc4c(c3)C3(c5ccccc5-c5ccccc53)c3cc(-c5ccccc5)c5ccccc5c3-4)c2)ccn1. The van der Waals surface area contributed by atoms with Crippen molar-refractivity contribution in [2.45, 2.75) is 5.41 Å². The molecule has 2 heteroatoms. The van der Waals surface area contributed by atoms with Gasteiger partial charge in [0, 0.05) is 0 Å². The van der Waals surface area contributed by atoms with Crippen molar-refractivity contribution >= 4 is 16.6 Å². The summed E-state index contributed by atoms with van der Waals surface area (Å²) in [6, 6.07) is 59.8. The largest absolute Gasteiger partial charge is 0.361 e. The van der Waals surface area contributed by atoms with Crippen LogP contribution in [-0.2, 0) is 5.41 Å². The van der Waals surface area contributed by atoms with Gasteiger partial charge >= 0.3 is 0 Å². The molecule has 2 nitrogen and oxygen atoms in total. The van der Waals surface area contributed by atoms with Crippen LogP contribution in [0.25, 0.3) is 71.3 Å². The second-order valence-corrected chi connectivity index (χ2v) is 13.0. The van der Waals surface area contributed by atoms with Crippen LogP contribution in [0.3, 0.4) is 0 Å². The number of rotatable bonds is 3. The number of nitrogens with zero attached hydrogens (tertiary/aromatic N) is 2. The fourth-order valence-corrected chi connectivity index (χ4v) is 8.57. The lowest BCUT2D eigenvalue weighted by atomic mass is 9.69. The lowest BCUT2D eigenvalue weighted by molar-refractivity contribution is 0.795. The van der Waals surface area contributed by atoms with Gasteiger partial charge in [-0.05, 0) is 119 Å². The zero-order valence-corrected chi connectivity index (χ0v) is 26.6. The highest BCUT2D eigenvalue weighted by molar-refractivity contribution is 6.11. The molecule has 0 fully saturated rings. The van der Waals surface area contributed by atoms with E-state index in [1.54, 1.807) is 6.20 Å². The molecule has 7 aromatic carbocycles. The van der Waals surface area contributed by atoms with Gasteiger partial charge in [-0.15, -0.1) is 4.98 Å². The Kier molecular flexibility index (Phi) is 5.89. The van der Waals surface area contributed by atoms with E-state index in [2.05, 4.69) is 161 Å². The number of pyridine rings is 1. The summed E-state index contributed by atoms with van der Waals surface area (Å²) in [5.74, 6) is 0.404. The number of fused-ring (bicyclic) bond motifs is 12. The quantitative estimate of drug-likeness (QED) is 0.180. The molecule has 10 rings (SSSR count). The summed E-state index contributed by atoms with van der Waals surface area (Å²) < 4.78 is 0. The standard InChI is InChI=1S/C47H28N2/c1-48-45-28-34(24-25-49-45)32-15-11-14-31(26-32)33-22-23-39-43(27-33)47(41-20-9-7-17-36(41)37-18-8-10-21-42(37)47)44-29-40(30-12-3-2-4-13-30)35-16-5-6-19-38(35)46(39)44/h2-29H. The van der Waals surface area contributed by atoms with E-state index >= 15 is 0 Å². The van der Waals surface area contributed by atoms with Gasteiger partial charge in [-0.25, -0.2) is 0 Å². The van der Waals surface area contributed by atoms with Gasteiger partial charge in [0.25, 0.3) is 5.82 Å². The van der Waals surface area contributed by atoms with Gasteiger partial charge in [0.1, 0.15) is 6.20 Å². The maximum Gasteiger partial charge on any atom is 0.270 e. The highest BCUT2D eigenvalue weighted by Gasteiger charge is 2.52. The fraction of sp³-hybridized carbons (Fsp3) is 0.0213. The second-order valence-electron chi connectivity index (χ2n) is 13.0. The van der Waals surface area contributed by atoms with E-state index in [0.29, 0.717) is 5.82 Å². The monoisotopic (exact) mass is 620 g/mol. The number of hydrogen-bond acceptors (Lipinski definition) is 1. The Morgan fingerprint density at radius 2 is 1.02 bits per heavy atom. The van der Waals surface area contributed by atoms with Crippen molar-refractivity contribution in [1.29, 1.82) is 0 Å². The summed E-state index contributed by atoms with van der Waals surface area (Å²) in [4.78, 5) is 7.75. The fourth-order valence-electron chi connectivity index (χ4n) is 8.57. The predicted molar refractivity (Wildman–Crippen MR) is 201 cm³/mol. The Morgan fingerprint density at radius 1 is 0.408 bits per heavy atom. The lowest BCUT2D eigenvalue weighted by Gasteiger charge is -2.31. The van der Waals surface area contributed by atoms with Gasteiger partial charge in [0.2, 0.25) is 0 Å². The molecule has 0 saturated carbocycles. The Hall–Kier alpha value is -6.56. The van der Waals surface area contributed by atoms with Crippen molar-refractivity contribution < 1.29 is 0 Å². The van der Waals surface area contributed by atoms with Crippen LogP contribution in [0, 0.1) is 6.57 Å². The van der Waals surface area contributed by atoms with Gasteiger partial charge in [0.05, 0.1) is 5.41 Å². The van der Waals surface area contributed by atoms with E-state index < -0.39 is 5.41 Å². The normalized spacial score (nSPS) is 13.0. The highest BCUT2D eigenvalue weighted by Crippen LogP contribution is 2.64. The number of benzene rings is 7. The van der Waals surface area contributed by atoms with Crippen molar-refractivity contribution in [2.24, 2.45) is 0 Å². The Bertz CT molecular complexity index is 2630. The second kappa shape index (κ2) is 10.5. The highest BCUT2D eigenvalue weighted by atomic mass is 14.8. The summed E-state index contributed by atoms with van der Waals surface area (Å²) in [6.45, 7) is 7.46. The molecule has 49 heavy (non-hydrogen) atoms. The zero-order valence-electron chi connectivity index (χ0n) is 26.6. The van der Waals surface area contributed by atoms with Crippen molar-refractivity contribution in [3.8, 4) is 55.6 Å². The first-order valence-corrected chi connectivity index (χ1v) is 16.7. The van der Waals surface area contributed by atoms with E-state index in [0.717, 1.165) is 16.7 Å². The third-order valence-corrected chi connectivity index (χ3v) is 10.6. The lowest BCUT2D eigenvalue weighted by Crippen LogP contribution is -2.26. The topological polar surface area (TPSA) is 17.2 Å². The van der Waals surface area contributed by atoms with Crippen LogP contribution < -0.4 is 0 Å². The van der Waals surface area contributed by atoms with Gasteiger partial charge in [-0.2, -0.15) is 0 Å². The summed E-state index contributed by atoms with van der Waals surface area (Å²) in [7, 11) is 0. The van der Waals surface area contributed by atoms with Crippen LogP contribution in [-0.4, -0.2) is 4.98 Å². The number of aromatic nitrogens is 1. The predicted octanol–water partition coefficient (Wildman–Crippen LogP) is 12.1. The van der Waals surface area contributed by atoms with Crippen molar-refractivity contribution in [3.63, 3.8) is 0 Å². The summed E-state index contributed by atoms with van der Waals surface area (Å²) in [6.07, 6.45) is 1.72. The molecule has 1 aromatic heterocycles. The molecule has 0 unspecified atom stereocenters. The maximum absolute atomic E-state index is 7.46. The minimum absolute atomic E-state index is 0.404. The first-order chi connectivity index (χ1) is 24.3. The average molecular weight is 621 g/mol. The van der Waals surface area contributed by atoms with Gasteiger partial charge in [-0.1, -0.05) is 140 Å². The van der Waals surface area contributed by atoms with Gasteiger partial charge in [-0.3, -0.25) is 0 Å². The van der Waals surface area contributed by atoms with Crippen LogP contribution in [0.1, 0.15) is 22.3 Å². The van der Waals surface area contributed by atoms with Crippen LogP contribution in [0.2, 0.25) is 0 Å². The Balaban J connectivity index is 1.29. The van der Waals surface area contributed by atoms with Crippen LogP contribution in [0.4, 0.5) is 5.82 Å². The molecule has 1 spiro atoms. The first kappa shape index (κ1) is 27.5. The molecule has 0 saturated heterocycles. The minimum Gasteiger partial charge on any atom is -0.361 e.